The average molecular weight is 380 g/mol. The molecular formula is C30H20. The average Bonchev–Trinajstić information content (AvgIpc) is 2.79. The van der Waals surface area contributed by atoms with E-state index >= 15 is 0 Å². The summed E-state index contributed by atoms with van der Waals surface area (Å²) in [5, 5.41) is 10.3. The van der Waals surface area contributed by atoms with Gasteiger partial charge in [-0.25, -0.2) is 0 Å². The molecule has 0 atom stereocenters. The van der Waals surface area contributed by atoms with Crippen LogP contribution >= 0.6 is 0 Å². The van der Waals surface area contributed by atoms with Crippen LogP contribution in [0, 0.1) is 0 Å². The smallest absolute Gasteiger partial charge is 0.0172 e. The number of benzene rings is 6. The molecule has 0 saturated carbocycles. The molecule has 0 N–H and O–H groups in total. The lowest BCUT2D eigenvalue weighted by Crippen LogP contribution is -1.80. The summed E-state index contributed by atoms with van der Waals surface area (Å²) in [5.74, 6) is 0. The monoisotopic (exact) mass is 380 g/mol. The van der Waals surface area contributed by atoms with E-state index in [0.717, 1.165) is 0 Å². The van der Waals surface area contributed by atoms with Gasteiger partial charge in [-0.1, -0.05) is 84.9 Å². The van der Waals surface area contributed by atoms with Crippen molar-refractivity contribution in [1.29, 1.82) is 0 Å². The van der Waals surface area contributed by atoms with Crippen molar-refractivity contribution in [2.75, 3.05) is 0 Å². The van der Waals surface area contributed by atoms with Crippen molar-refractivity contribution in [2.45, 2.75) is 0 Å². The van der Waals surface area contributed by atoms with Gasteiger partial charge in [-0.15, -0.1) is 0 Å². The van der Waals surface area contributed by atoms with E-state index in [4.69, 9.17) is 0 Å². The van der Waals surface area contributed by atoms with Gasteiger partial charge in [0.05, 0.1) is 0 Å². The van der Waals surface area contributed by atoms with Crippen molar-refractivity contribution in [3.8, 4) is 0 Å². The zero-order valence-electron chi connectivity index (χ0n) is 16.5. The van der Waals surface area contributed by atoms with Crippen LogP contribution in [-0.2, 0) is 0 Å². The Kier molecular flexibility index (Phi) is 3.89. The van der Waals surface area contributed by atoms with E-state index in [0.29, 0.717) is 0 Å². The van der Waals surface area contributed by atoms with E-state index in [1.165, 1.54) is 54.2 Å². The van der Waals surface area contributed by atoms with Crippen LogP contribution in [0.15, 0.2) is 109 Å². The molecule has 0 heteroatoms. The molecular weight excluding hydrogens is 360 g/mol. The number of rotatable bonds is 2. The van der Waals surface area contributed by atoms with E-state index < -0.39 is 0 Å². The lowest BCUT2D eigenvalue weighted by atomic mass is 10.00. The molecule has 0 bridgehead atoms. The van der Waals surface area contributed by atoms with Crippen molar-refractivity contribution in [2.24, 2.45) is 0 Å². The molecule has 6 aromatic rings. The predicted molar refractivity (Wildman–Crippen MR) is 132 cm³/mol. The van der Waals surface area contributed by atoms with Crippen LogP contribution in [0.5, 0.6) is 0 Å². The fourth-order valence-corrected chi connectivity index (χ4v) is 4.32. The summed E-state index contributed by atoms with van der Waals surface area (Å²) in [6.07, 6.45) is 4.41. The lowest BCUT2D eigenvalue weighted by molar-refractivity contribution is 1.71. The number of hydrogen-bond donors (Lipinski definition) is 0. The minimum absolute atomic E-state index is 1.22. The molecule has 0 aliphatic carbocycles. The van der Waals surface area contributed by atoms with Gasteiger partial charge >= 0.3 is 0 Å². The minimum Gasteiger partial charge on any atom is -0.0616 e. The van der Waals surface area contributed by atoms with Gasteiger partial charge in [-0.2, -0.15) is 0 Å². The minimum atomic E-state index is 1.22. The largest absolute Gasteiger partial charge is 0.0616 e. The van der Waals surface area contributed by atoms with Crippen LogP contribution in [0.2, 0.25) is 0 Å². The molecule has 140 valence electrons. The summed E-state index contributed by atoms with van der Waals surface area (Å²) < 4.78 is 0. The van der Waals surface area contributed by atoms with Crippen LogP contribution in [0.25, 0.3) is 55.2 Å². The zero-order valence-corrected chi connectivity index (χ0v) is 16.5. The Balaban J connectivity index is 1.38. The van der Waals surface area contributed by atoms with Gasteiger partial charge < -0.3 is 0 Å². The lowest BCUT2D eigenvalue weighted by Gasteiger charge is -2.05. The second kappa shape index (κ2) is 6.86. The predicted octanol–water partition coefficient (Wildman–Crippen LogP) is 8.47. The van der Waals surface area contributed by atoms with Gasteiger partial charge in [0.25, 0.3) is 0 Å². The maximum atomic E-state index is 2.28. The Labute approximate surface area is 175 Å². The molecule has 0 radical (unpaired) electrons. The van der Waals surface area contributed by atoms with Crippen molar-refractivity contribution in [3.05, 3.63) is 120 Å². The van der Waals surface area contributed by atoms with Gasteiger partial charge in [-0.05, 0) is 90.6 Å². The van der Waals surface area contributed by atoms with Crippen LogP contribution < -0.4 is 0 Å². The third-order valence-corrected chi connectivity index (χ3v) is 5.93. The van der Waals surface area contributed by atoms with Crippen molar-refractivity contribution < 1.29 is 0 Å². The number of hydrogen-bond acceptors (Lipinski definition) is 0. The van der Waals surface area contributed by atoms with Crippen LogP contribution in [-0.4, -0.2) is 0 Å². The second-order valence-corrected chi connectivity index (χ2v) is 7.95. The molecule has 0 aliphatic rings. The first-order valence-electron chi connectivity index (χ1n) is 10.4. The summed E-state index contributed by atoms with van der Waals surface area (Å²) in [7, 11) is 0. The highest BCUT2D eigenvalue weighted by molar-refractivity contribution is 6.00. The van der Waals surface area contributed by atoms with Gasteiger partial charge in [0, 0.05) is 0 Å². The Morgan fingerprint density at radius 2 is 0.633 bits per heavy atom. The first kappa shape index (κ1) is 17.0. The molecule has 0 amide bonds. The van der Waals surface area contributed by atoms with E-state index in [1.807, 2.05) is 0 Å². The molecule has 30 heavy (non-hydrogen) atoms. The van der Waals surface area contributed by atoms with Gasteiger partial charge in [0.1, 0.15) is 0 Å². The molecule has 0 heterocycles. The first-order chi connectivity index (χ1) is 14.8. The molecule has 0 aromatic heterocycles. The molecule has 0 aliphatic heterocycles. The van der Waals surface area contributed by atoms with Crippen molar-refractivity contribution in [1.82, 2.24) is 0 Å². The highest BCUT2D eigenvalue weighted by atomic mass is 14.0. The third kappa shape index (κ3) is 3.03. The van der Waals surface area contributed by atoms with Crippen LogP contribution in [0.3, 0.4) is 0 Å². The fraction of sp³-hybridized carbons (Fsp3) is 0. The van der Waals surface area contributed by atoms with E-state index in [1.54, 1.807) is 0 Å². The molecule has 0 saturated heterocycles. The summed E-state index contributed by atoms with van der Waals surface area (Å²) >= 11 is 0. The highest BCUT2D eigenvalue weighted by Gasteiger charge is 2.00. The standard InChI is InChI=1S/C30H20/c1-3-7-25-19-29-15-21(11-13-27(29)17-23(25)5-1)9-10-22-12-14-28-18-24-6-2-4-8-26(24)20-30(28)16-22/h1-20H/b10-9-. The maximum Gasteiger partial charge on any atom is -0.0172 e. The Bertz CT molecular complexity index is 1460. The van der Waals surface area contributed by atoms with E-state index in [2.05, 4.69) is 121 Å². The van der Waals surface area contributed by atoms with Crippen molar-refractivity contribution >= 4 is 55.2 Å². The SMILES string of the molecule is C(=C/c1ccc2cc3ccccc3cc2c1)/c1ccc2cc3ccccc3cc2c1. The Morgan fingerprint density at radius 3 is 1.03 bits per heavy atom. The Hall–Kier alpha value is -3.90. The molecule has 6 rings (SSSR count). The van der Waals surface area contributed by atoms with Gasteiger partial charge in [0.15, 0.2) is 0 Å². The molecule has 6 aromatic carbocycles. The zero-order chi connectivity index (χ0) is 19.9. The summed E-state index contributed by atoms with van der Waals surface area (Å²) in [4.78, 5) is 0. The van der Waals surface area contributed by atoms with Crippen LogP contribution in [0.4, 0.5) is 0 Å². The quantitative estimate of drug-likeness (QED) is 0.209. The van der Waals surface area contributed by atoms with Gasteiger partial charge in [0.2, 0.25) is 0 Å². The third-order valence-electron chi connectivity index (χ3n) is 5.93. The fourth-order valence-electron chi connectivity index (χ4n) is 4.32. The molecule has 0 nitrogen and oxygen atoms in total. The molecule has 0 spiro atoms. The first-order valence-corrected chi connectivity index (χ1v) is 10.4. The van der Waals surface area contributed by atoms with Gasteiger partial charge in [-0.3, -0.25) is 0 Å². The summed E-state index contributed by atoms with van der Waals surface area (Å²) in [6, 6.07) is 39.6. The maximum absolute atomic E-state index is 2.28. The Morgan fingerprint density at radius 1 is 0.300 bits per heavy atom. The summed E-state index contributed by atoms with van der Waals surface area (Å²) in [6.45, 7) is 0. The van der Waals surface area contributed by atoms with E-state index in [-0.39, 0.29) is 0 Å². The topological polar surface area (TPSA) is 0 Å². The van der Waals surface area contributed by atoms with Crippen molar-refractivity contribution in [3.63, 3.8) is 0 Å². The second-order valence-electron chi connectivity index (χ2n) is 7.95. The van der Waals surface area contributed by atoms with E-state index in [9.17, 15) is 0 Å². The molecule has 0 unspecified atom stereocenters. The normalized spacial score (nSPS) is 11.9. The highest BCUT2D eigenvalue weighted by Crippen LogP contribution is 2.26. The summed E-state index contributed by atoms with van der Waals surface area (Å²) in [5.41, 5.74) is 2.44. The number of fused-ring (bicyclic) bond motifs is 4. The van der Waals surface area contributed by atoms with Crippen LogP contribution in [0.1, 0.15) is 11.1 Å². The molecule has 0 fully saturated rings.